The number of fused-ring (bicyclic) bond motifs is 1. The van der Waals surface area contributed by atoms with E-state index in [1.807, 2.05) is 18.2 Å². The molecule has 0 fully saturated rings. The predicted octanol–water partition coefficient (Wildman–Crippen LogP) is 4.23. The number of aromatic nitrogens is 1. The summed E-state index contributed by atoms with van der Waals surface area (Å²) in [7, 11) is 1.68. The van der Waals surface area contributed by atoms with Gasteiger partial charge in [0.2, 0.25) is 0 Å². The molecule has 0 saturated carbocycles. The van der Waals surface area contributed by atoms with E-state index in [2.05, 4.69) is 41.5 Å². The number of benzene rings is 2. The molecule has 4 heteroatoms. The van der Waals surface area contributed by atoms with E-state index < -0.39 is 0 Å². The van der Waals surface area contributed by atoms with Crippen molar-refractivity contribution in [3.8, 4) is 5.75 Å². The highest BCUT2D eigenvalue weighted by Gasteiger charge is 2.04. The van der Waals surface area contributed by atoms with Gasteiger partial charge in [0.1, 0.15) is 5.75 Å². The number of hydrogen-bond acceptors (Lipinski definition) is 4. The predicted molar refractivity (Wildman–Crippen MR) is 84.7 cm³/mol. The van der Waals surface area contributed by atoms with Gasteiger partial charge in [0.05, 0.1) is 17.3 Å². The molecule has 0 spiro atoms. The zero-order valence-corrected chi connectivity index (χ0v) is 12.3. The summed E-state index contributed by atoms with van der Waals surface area (Å²) in [4.78, 5) is 4.58. The minimum Gasteiger partial charge on any atom is -0.497 e. The fourth-order valence-corrected chi connectivity index (χ4v) is 3.00. The Balaban J connectivity index is 1.77. The highest BCUT2D eigenvalue weighted by Crippen LogP contribution is 2.29. The van der Waals surface area contributed by atoms with Crippen LogP contribution in [0.4, 0.5) is 5.13 Å². The molecule has 0 unspecified atom stereocenters. The quantitative estimate of drug-likeness (QED) is 0.778. The summed E-state index contributed by atoms with van der Waals surface area (Å²) in [5.74, 6) is 0.867. The third-order valence-electron chi connectivity index (χ3n) is 3.12. The van der Waals surface area contributed by atoms with Crippen molar-refractivity contribution in [2.45, 2.75) is 13.5 Å². The van der Waals surface area contributed by atoms with Gasteiger partial charge in [0, 0.05) is 6.54 Å². The van der Waals surface area contributed by atoms with Crippen LogP contribution in [0.1, 0.15) is 11.1 Å². The molecule has 0 saturated heterocycles. The van der Waals surface area contributed by atoms with Crippen LogP contribution in [0, 0.1) is 6.92 Å². The van der Waals surface area contributed by atoms with Crippen LogP contribution < -0.4 is 10.1 Å². The highest BCUT2D eigenvalue weighted by atomic mass is 32.1. The van der Waals surface area contributed by atoms with Crippen LogP contribution in [0.5, 0.6) is 5.75 Å². The molecule has 20 heavy (non-hydrogen) atoms. The molecule has 0 radical (unpaired) electrons. The van der Waals surface area contributed by atoms with Crippen LogP contribution in [-0.2, 0) is 6.54 Å². The molecule has 0 aliphatic carbocycles. The average molecular weight is 284 g/mol. The fraction of sp³-hybridized carbons (Fsp3) is 0.188. The van der Waals surface area contributed by atoms with Crippen molar-refractivity contribution in [1.29, 1.82) is 0 Å². The summed E-state index contributed by atoms with van der Waals surface area (Å²) in [6.45, 7) is 2.89. The number of thiazole rings is 1. The van der Waals surface area contributed by atoms with Crippen molar-refractivity contribution in [1.82, 2.24) is 4.98 Å². The maximum Gasteiger partial charge on any atom is 0.184 e. The minimum atomic E-state index is 0.790. The first-order valence-electron chi connectivity index (χ1n) is 6.48. The number of nitrogens with zero attached hydrogens (tertiary/aromatic N) is 1. The van der Waals surface area contributed by atoms with Gasteiger partial charge >= 0.3 is 0 Å². The van der Waals surface area contributed by atoms with Crippen molar-refractivity contribution in [3.05, 3.63) is 53.6 Å². The van der Waals surface area contributed by atoms with Gasteiger partial charge in [-0.25, -0.2) is 4.98 Å². The number of anilines is 1. The van der Waals surface area contributed by atoms with E-state index >= 15 is 0 Å². The Bertz CT molecular complexity index is 736. The molecule has 0 atom stereocenters. The number of nitrogens with one attached hydrogen (secondary N) is 1. The Hall–Kier alpha value is -2.07. The summed E-state index contributed by atoms with van der Waals surface area (Å²) >= 11 is 1.65. The number of methoxy groups -OCH3 is 1. The van der Waals surface area contributed by atoms with Crippen LogP contribution in [0.3, 0.4) is 0 Å². The highest BCUT2D eigenvalue weighted by molar-refractivity contribution is 7.22. The van der Waals surface area contributed by atoms with Crippen LogP contribution in [0.2, 0.25) is 0 Å². The Kier molecular flexibility index (Phi) is 3.56. The number of rotatable bonds is 4. The van der Waals surface area contributed by atoms with Gasteiger partial charge < -0.3 is 10.1 Å². The van der Waals surface area contributed by atoms with E-state index in [9.17, 15) is 0 Å². The lowest BCUT2D eigenvalue weighted by Crippen LogP contribution is -1.98. The van der Waals surface area contributed by atoms with Crippen molar-refractivity contribution in [2.24, 2.45) is 0 Å². The molecule has 3 rings (SSSR count). The van der Waals surface area contributed by atoms with Gasteiger partial charge in [-0.1, -0.05) is 41.2 Å². The first kappa shape index (κ1) is 12.9. The van der Waals surface area contributed by atoms with E-state index in [0.29, 0.717) is 0 Å². The maximum absolute atomic E-state index is 5.23. The molecular weight excluding hydrogens is 268 g/mol. The van der Waals surface area contributed by atoms with Gasteiger partial charge in [0.15, 0.2) is 5.13 Å². The van der Waals surface area contributed by atoms with Crippen molar-refractivity contribution < 1.29 is 4.74 Å². The average Bonchev–Trinajstić information content (AvgIpc) is 2.87. The van der Waals surface area contributed by atoms with E-state index in [4.69, 9.17) is 4.74 Å². The van der Waals surface area contributed by atoms with E-state index in [0.717, 1.165) is 27.6 Å². The van der Waals surface area contributed by atoms with Crippen LogP contribution in [0.15, 0.2) is 42.5 Å². The van der Waals surface area contributed by atoms with E-state index in [1.165, 1.54) is 11.1 Å². The number of aryl methyl sites for hydroxylation is 1. The Morgan fingerprint density at radius 2 is 2.10 bits per heavy atom. The molecule has 1 heterocycles. The molecule has 102 valence electrons. The monoisotopic (exact) mass is 284 g/mol. The lowest BCUT2D eigenvalue weighted by atomic mass is 10.1. The Morgan fingerprint density at radius 1 is 1.20 bits per heavy atom. The van der Waals surface area contributed by atoms with Gasteiger partial charge in [-0.3, -0.25) is 0 Å². The smallest absolute Gasteiger partial charge is 0.184 e. The van der Waals surface area contributed by atoms with Crippen molar-refractivity contribution in [3.63, 3.8) is 0 Å². The fourth-order valence-electron chi connectivity index (χ4n) is 2.11. The summed E-state index contributed by atoms with van der Waals surface area (Å²) in [6.07, 6.45) is 0. The summed E-state index contributed by atoms with van der Waals surface area (Å²) in [6, 6.07) is 14.4. The largest absolute Gasteiger partial charge is 0.497 e. The molecule has 1 N–H and O–H groups in total. The maximum atomic E-state index is 5.23. The molecule has 0 bridgehead atoms. The molecule has 2 aromatic carbocycles. The first-order valence-corrected chi connectivity index (χ1v) is 7.30. The van der Waals surface area contributed by atoms with E-state index in [-0.39, 0.29) is 0 Å². The minimum absolute atomic E-state index is 0.790. The normalized spacial score (nSPS) is 10.7. The molecular formula is C16H16N2OS. The second-order valence-electron chi connectivity index (χ2n) is 4.70. The molecule has 3 aromatic rings. The van der Waals surface area contributed by atoms with Gasteiger partial charge in [-0.05, 0) is 30.7 Å². The molecule has 0 amide bonds. The lowest BCUT2D eigenvalue weighted by molar-refractivity contribution is 0.415. The van der Waals surface area contributed by atoms with Gasteiger partial charge in [0.25, 0.3) is 0 Å². The van der Waals surface area contributed by atoms with Gasteiger partial charge in [-0.15, -0.1) is 0 Å². The van der Waals surface area contributed by atoms with Crippen molar-refractivity contribution in [2.75, 3.05) is 12.4 Å². The van der Waals surface area contributed by atoms with Crippen LogP contribution in [-0.4, -0.2) is 12.1 Å². The standard InChI is InChI=1S/C16H16N2OS/c1-11-4-3-5-12(8-11)10-17-16-18-14-7-6-13(19-2)9-15(14)20-16/h3-9H,10H2,1-2H3,(H,17,18). The zero-order valence-electron chi connectivity index (χ0n) is 11.5. The van der Waals surface area contributed by atoms with Crippen molar-refractivity contribution >= 4 is 26.7 Å². The topological polar surface area (TPSA) is 34.1 Å². The first-order chi connectivity index (χ1) is 9.74. The third-order valence-corrected chi connectivity index (χ3v) is 4.10. The SMILES string of the molecule is COc1ccc2nc(NCc3cccc(C)c3)sc2c1. The summed E-state index contributed by atoms with van der Waals surface area (Å²) < 4.78 is 6.37. The summed E-state index contributed by atoms with van der Waals surface area (Å²) in [5.41, 5.74) is 3.54. The molecule has 3 nitrogen and oxygen atoms in total. The molecule has 0 aliphatic rings. The third kappa shape index (κ3) is 2.75. The molecule has 1 aromatic heterocycles. The Labute approximate surface area is 122 Å². The lowest BCUT2D eigenvalue weighted by Gasteiger charge is -2.03. The second-order valence-corrected chi connectivity index (χ2v) is 5.73. The zero-order chi connectivity index (χ0) is 13.9. The van der Waals surface area contributed by atoms with Crippen LogP contribution in [0.25, 0.3) is 10.2 Å². The van der Waals surface area contributed by atoms with Gasteiger partial charge in [-0.2, -0.15) is 0 Å². The number of ether oxygens (including phenoxy) is 1. The molecule has 0 aliphatic heterocycles. The second kappa shape index (κ2) is 5.51. The summed E-state index contributed by atoms with van der Waals surface area (Å²) in [5, 5.41) is 4.32. The van der Waals surface area contributed by atoms with Crippen LogP contribution >= 0.6 is 11.3 Å². The Morgan fingerprint density at radius 3 is 2.90 bits per heavy atom. The van der Waals surface area contributed by atoms with E-state index in [1.54, 1.807) is 18.4 Å². The number of hydrogen-bond donors (Lipinski definition) is 1.